The third-order valence-corrected chi connectivity index (χ3v) is 4.91. The predicted molar refractivity (Wildman–Crippen MR) is 74.3 cm³/mol. The van der Waals surface area contributed by atoms with Crippen LogP contribution in [0.5, 0.6) is 0 Å². The third kappa shape index (κ3) is 4.33. The van der Waals surface area contributed by atoms with Crippen molar-refractivity contribution in [2.75, 3.05) is 18.8 Å². The van der Waals surface area contributed by atoms with Crippen molar-refractivity contribution >= 4 is 10.1 Å². The van der Waals surface area contributed by atoms with E-state index in [1.807, 2.05) is 42.9 Å². The summed E-state index contributed by atoms with van der Waals surface area (Å²) in [6.07, 6.45) is 3.66. The van der Waals surface area contributed by atoms with Crippen molar-refractivity contribution in [1.82, 2.24) is 9.88 Å². The van der Waals surface area contributed by atoms with Crippen molar-refractivity contribution in [3.8, 4) is 0 Å². The van der Waals surface area contributed by atoms with Crippen LogP contribution in [-0.4, -0.2) is 37.9 Å². The van der Waals surface area contributed by atoms with Gasteiger partial charge in [-0.15, -0.1) is 0 Å². The molecule has 1 aliphatic rings. The van der Waals surface area contributed by atoms with Crippen molar-refractivity contribution in [3.63, 3.8) is 0 Å². The molecule has 1 aliphatic heterocycles. The SMILES string of the molecule is CC(Cn1cccc1)CS(=O)(=O)OC1CNCC1C. The zero-order chi connectivity index (χ0) is 13.9. The minimum atomic E-state index is -3.45. The fraction of sp³-hybridized carbons (Fsp3) is 0.692. The van der Waals surface area contributed by atoms with Crippen LogP contribution in [0.25, 0.3) is 0 Å². The van der Waals surface area contributed by atoms with Crippen LogP contribution < -0.4 is 5.32 Å². The van der Waals surface area contributed by atoms with E-state index in [1.54, 1.807) is 0 Å². The molecule has 1 aromatic rings. The number of nitrogens with zero attached hydrogens (tertiary/aromatic N) is 1. The normalized spacial score (nSPS) is 25.6. The van der Waals surface area contributed by atoms with E-state index in [1.165, 1.54) is 0 Å². The van der Waals surface area contributed by atoms with Gasteiger partial charge in [0.1, 0.15) is 0 Å². The predicted octanol–water partition coefficient (Wildman–Crippen LogP) is 1.08. The summed E-state index contributed by atoms with van der Waals surface area (Å²) in [7, 11) is -3.45. The van der Waals surface area contributed by atoms with E-state index in [0.29, 0.717) is 13.1 Å². The summed E-state index contributed by atoms with van der Waals surface area (Å²) in [4.78, 5) is 0. The minimum Gasteiger partial charge on any atom is -0.354 e. The van der Waals surface area contributed by atoms with E-state index < -0.39 is 10.1 Å². The maximum atomic E-state index is 12.0. The van der Waals surface area contributed by atoms with Crippen LogP contribution in [0, 0.1) is 11.8 Å². The molecule has 1 fully saturated rings. The molecule has 0 amide bonds. The largest absolute Gasteiger partial charge is 0.354 e. The number of nitrogens with one attached hydrogen (secondary N) is 1. The van der Waals surface area contributed by atoms with Gasteiger partial charge in [-0.3, -0.25) is 4.18 Å². The lowest BCUT2D eigenvalue weighted by atomic mass is 10.1. The van der Waals surface area contributed by atoms with E-state index in [2.05, 4.69) is 5.32 Å². The van der Waals surface area contributed by atoms with Gasteiger partial charge in [0.2, 0.25) is 0 Å². The lowest BCUT2D eigenvalue weighted by Gasteiger charge is -2.17. The zero-order valence-corrected chi connectivity index (χ0v) is 12.3. The van der Waals surface area contributed by atoms with E-state index >= 15 is 0 Å². The molecule has 6 heteroatoms. The standard InChI is InChI=1S/C13H22N2O3S/c1-11(9-15-5-3-4-6-15)10-19(16,17)18-13-8-14-7-12(13)2/h3-6,11-14H,7-10H2,1-2H3. The van der Waals surface area contributed by atoms with Crippen molar-refractivity contribution in [2.24, 2.45) is 11.8 Å². The Balaban J connectivity index is 1.86. The topological polar surface area (TPSA) is 60.3 Å². The van der Waals surface area contributed by atoms with Gasteiger partial charge in [0.05, 0.1) is 11.9 Å². The highest BCUT2D eigenvalue weighted by Crippen LogP contribution is 2.16. The summed E-state index contributed by atoms with van der Waals surface area (Å²) < 4.78 is 31.3. The van der Waals surface area contributed by atoms with E-state index in [9.17, 15) is 8.42 Å². The van der Waals surface area contributed by atoms with Crippen LogP contribution in [-0.2, 0) is 20.8 Å². The molecule has 0 saturated carbocycles. The quantitative estimate of drug-likeness (QED) is 0.795. The van der Waals surface area contributed by atoms with Crippen molar-refractivity contribution in [2.45, 2.75) is 26.5 Å². The van der Waals surface area contributed by atoms with Crippen molar-refractivity contribution in [3.05, 3.63) is 24.5 Å². The Morgan fingerprint density at radius 2 is 2.05 bits per heavy atom. The number of hydrogen-bond donors (Lipinski definition) is 1. The first kappa shape index (κ1) is 14.6. The lowest BCUT2D eigenvalue weighted by Crippen LogP contribution is -2.28. The maximum absolute atomic E-state index is 12.0. The second-order valence-corrected chi connectivity index (χ2v) is 7.12. The van der Waals surface area contributed by atoms with Gasteiger partial charge < -0.3 is 9.88 Å². The first-order valence-corrected chi connectivity index (χ1v) is 8.26. The highest BCUT2D eigenvalue weighted by Gasteiger charge is 2.29. The van der Waals surface area contributed by atoms with Crippen LogP contribution in [0.4, 0.5) is 0 Å². The van der Waals surface area contributed by atoms with E-state index in [-0.39, 0.29) is 23.7 Å². The fourth-order valence-electron chi connectivity index (χ4n) is 2.40. The molecule has 3 atom stereocenters. The number of hydrogen-bond acceptors (Lipinski definition) is 4. The average Bonchev–Trinajstić information content (AvgIpc) is 2.90. The highest BCUT2D eigenvalue weighted by molar-refractivity contribution is 7.86. The first-order valence-electron chi connectivity index (χ1n) is 6.69. The molecule has 0 radical (unpaired) electrons. The minimum absolute atomic E-state index is 0.0297. The van der Waals surface area contributed by atoms with E-state index in [4.69, 9.17) is 4.18 Å². The fourth-order valence-corrected chi connectivity index (χ4v) is 3.91. The summed E-state index contributed by atoms with van der Waals surface area (Å²) in [6.45, 7) is 6.06. The summed E-state index contributed by atoms with van der Waals surface area (Å²) in [5.41, 5.74) is 0. The molecule has 0 bridgehead atoms. The van der Waals surface area contributed by atoms with Gasteiger partial charge in [0, 0.05) is 32.0 Å². The average molecular weight is 286 g/mol. The monoisotopic (exact) mass is 286 g/mol. The maximum Gasteiger partial charge on any atom is 0.267 e. The molecule has 2 rings (SSSR count). The van der Waals surface area contributed by atoms with Gasteiger partial charge >= 0.3 is 0 Å². The van der Waals surface area contributed by atoms with Gasteiger partial charge in [0.15, 0.2) is 0 Å². The molecule has 0 spiro atoms. The molecule has 3 unspecified atom stereocenters. The molecule has 1 N–H and O–H groups in total. The Kier molecular flexibility index (Phi) is 4.65. The molecule has 1 saturated heterocycles. The molecule has 1 aromatic heterocycles. The molecular formula is C13H22N2O3S. The van der Waals surface area contributed by atoms with Gasteiger partial charge in [-0.1, -0.05) is 13.8 Å². The summed E-state index contributed by atoms with van der Waals surface area (Å²) in [6, 6.07) is 3.87. The summed E-state index contributed by atoms with van der Waals surface area (Å²) in [5.74, 6) is 0.339. The van der Waals surface area contributed by atoms with Crippen LogP contribution in [0.1, 0.15) is 13.8 Å². The highest BCUT2D eigenvalue weighted by atomic mass is 32.2. The number of aromatic nitrogens is 1. The van der Waals surface area contributed by atoms with Crippen molar-refractivity contribution < 1.29 is 12.6 Å². The molecule has 2 heterocycles. The van der Waals surface area contributed by atoms with Gasteiger partial charge in [-0.25, -0.2) is 0 Å². The van der Waals surface area contributed by atoms with Crippen LogP contribution in [0.3, 0.4) is 0 Å². The van der Waals surface area contributed by atoms with Crippen LogP contribution in [0.2, 0.25) is 0 Å². The molecule has 108 valence electrons. The Morgan fingerprint density at radius 1 is 1.37 bits per heavy atom. The Bertz CT molecular complexity index is 484. The third-order valence-electron chi connectivity index (χ3n) is 3.39. The van der Waals surface area contributed by atoms with Gasteiger partial charge in [-0.05, 0) is 24.0 Å². The van der Waals surface area contributed by atoms with Crippen LogP contribution in [0.15, 0.2) is 24.5 Å². The first-order chi connectivity index (χ1) is 8.96. The second-order valence-electron chi connectivity index (χ2n) is 5.48. The zero-order valence-electron chi connectivity index (χ0n) is 11.5. The smallest absolute Gasteiger partial charge is 0.267 e. The summed E-state index contributed by atoms with van der Waals surface area (Å²) in [5, 5.41) is 3.14. The van der Waals surface area contributed by atoms with E-state index in [0.717, 1.165) is 6.54 Å². The Hall–Kier alpha value is -0.850. The Morgan fingerprint density at radius 3 is 2.63 bits per heavy atom. The Labute approximate surface area is 115 Å². The van der Waals surface area contributed by atoms with Crippen molar-refractivity contribution in [1.29, 1.82) is 0 Å². The molecule has 5 nitrogen and oxygen atoms in total. The molecule has 0 aromatic carbocycles. The number of rotatable bonds is 6. The molecule has 19 heavy (non-hydrogen) atoms. The van der Waals surface area contributed by atoms with Gasteiger partial charge in [0.25, 0.3) is 10.1 Å². The lowest BCUT2D eigenvalue weighted by molar-refractivity contribution is 0.188. The molecule has 0 aliphatic carbocycles. The van der Waals surface area contributed by atoms with Crippen LogP contribution >= 0.6 is 0 Å². The second kappa shape index (κ2) is 6.07. The summed E-state index contributed by atoms with van der Waals surface area (Å²) >= 11 is 0. The van der Waals surface area contributed by atoms with Gasteiger partial charge in [-0.2, -0.15) is 8.42 Å². The molecular weight excluding hydrogens is 264 g/mol.